The standard InChI is InChI=1S/C33H44Cl4N4O6/c1-18(2)27(28(43)38-19(3)29(44)41-13-7-8-22(16-41)30(45)47-17-33(35,36)37)40-31(46)32(5,6)12-11-21-9-10-23-24(34)15-25(20(4)42)39-26(23)14-21/h9-12,14-15,18-20,22,27-28,38,42-43H,7-8,13,16-17H2,1-6H3,(H,40,46)/b12-11+/t19-,20+,22+,27-,28?/m0/s1. The highest BCUT2D eigenvalue weighted by Crippen LogP contribution is 2.29. The fraction of sp³-hybridized carbons (Fsp3) is 0.576. The summed E-state index contributed by atoms with van der Waals surface area (Å²) in [4.78, 5) is 45.3. The fourth-order valence-electron chi connectivity index (χ4n) is 5.21. The maximum atomic E-state index is 13.5. The van der Waals surface area contributed by atoms with Crippen molar-refractivity contribution < 1.29 is 29.3 Å². The molecular formula is C33H44Cl4N4O6. The number of likely N-dealkylation sites (tertiary alicyclic amines) is 1. The predicted octanol–water partition coefficient (Wildman–Crippen LogP) is 5.57. The highest BCUT2D eigenvalue weighted by molar-refractivity contribution is 6.67. The number of hydrogen-bond donors (Lipinski definition) is 4. The normalized spacial score (nSPS) is 18.7. The summed E-state index contributed by atoms with van der Waals surface area (Å²) < 4.78 is 3.38. The number of carbonyl (C=O) groups is 3. The zero-order chi connectivity index (χ0) is 35.3. The van der Waals surface area contributed by atoms with Gasteiger partial charge in [0.05, 0.1) is 45.8 Å². The van der Waals surface area contributed by atoms with Gasteiger partial charge in [-0.25, -0.2) is 4.98 Å². The molecule has 5 atom stereocenters. The third-order valence-electron chi connectivity index (χ3n) is 8.10. The van der Waals surface area contributed by atoms with E-state index in [0.29, 0.717) is 35.6 Å². The van der Waals surface area contributed by atoms with Crippen LogP contribution in [0, 0.1) is 17.3 Å². The van der Waals surface area contributed by atoms with Crippen LogP contribution in [0.4, 0.5) is 0 Å². The van der Waals surface area contributed by atoms with Crippen LogP contribution >= 0.6 is 46.4 Å². The van der Waals surface area contributed by atoms with E-state index in [-0.39, 0.29) is 30.9 Å². The van der Waals surface area contributed by atoms with Crippen molar-refractivity contribution in [2.75, 3.05) is 19.7 Å². The fourth-order valence-corrected chi connectivity index (χ4v) is 5.65. The van der Waals surface area contributed by atoms with Crippen LogP contribution in [0.15, 0.2) is 30.3 Å². The van der Waals surface area contributed by atoms with Gasteiger partial charge in [-0.15, -0.1) is 0 Å². The van der Waals surface area contributed by atoms with Gasteiger partial charge in [-0.1, -0.05) is 84.5 Å². The van der Waals surface area contributed by atoms with Crippen LogP contribution in [-0.2, 0) is 19.1 Å². The number of piperidine rings is 1. The molecule has 1 unspecified atom stereocenters. The number of alkyl halides is 3. The third kappa shape index (κ3) is 11.2. The minimum atomic E-state index is -1.72. The molecule has 10 nitrogen and oxygen atoms in total. The molecule has 260 valence electrons. The van der Waals surface area contributed by atoms with E-state index >= 15 is 0 Å². The SMILES string of the molecule is CC(C)[C@H](NC(=O)C(C)(C)/C=C/c1ccc2c(Cl)cc([C@@H](C)O)nc2c1)C(O)N[C@@H](C)C(=O)N1CCC[C@@H](C(=O)OCC(Cl)(Cl)Cl)C1. The molecule has 1 aromatic carbocycles. The molecule has 14 heteroatoms. The van der Waals surface area contributed by atoms with Gasteiger partial charge in [0.15, 0.2) is 0 Å². The lowest BCUT2D eigenvalue weighted by molar-refractivity contribution is -0.152. The molecule has 0 spiro atoms. The van der Waals surface area contributed by atoms with E-state index < -0.39 is 45.5 Å². The molecule has 2 heterocycles. The molecule has 2 aromatic rings. The lowest BCUT2D eigenvalue weighted by Gasteiger charge is -2.36. The second kappa shape index (κ2) is 16.5. The van der Waals surface area contributed by atoms with Gasteiger partial charge < -0.3 is 25.2 Å². The van der Waals surface area contributed by atoms with Gasteiger partial charge in [-0.3, -0.25) is 19.7 Å². The molecule has 1 aliphatic rings. The molecule has 1 saturated heterocycles. The molecule has 1 aliphatic heterocycles. The van der Waals surface area contributed by atoms with E-state index in [1.807, 2.05) is 38.1 Å². The van der Waals surface area contributed by atoms with E-state index in [4.69, 9.17) is 51.1 Å². The van der Waals surface area contributed by atoms with Gasteiger partial charge in [0.1, 0.15) is 12.8 Å². The molecule has 3 rings (SSSR count). The summed E-state index contributed by atoms with van der Waals surface area (Å²) in [5, 5.41) is 28.2. The third-order valence-corrected chi connectivity index (χ3v) is 8.74. The number of pyridine rings is 1. The van der Waals surface area contributed by atoms with Gasteiger partial charge in [0.25, 0.3) is 0 Å². The highest BCUT2D eigenvalue weighted by atomic mass is 35.6. The Bertz CT molecular complexity index is 1460. The van der Waals surface area contributed by atoms with Crippen LogP contribution in [0.3, 0.4) is 0 Å². The molecule has 47 heavy (non-hydrogen) atoms. The minimum Gasteiger partial charge on any atom is -0.461 e. The number of amides is 2. The summed E-state index contributed by atoms with van der Waals surface area (Å²) in [6, 6.07) is 5.65. The molecule has 1 aromatic heterocycles. The number of hydrogen-bond acceptors (Lipinski definition) is 8. The zero-order valence-electron chi connectivity index (χ0n) is 27.4. The number of rotatable bonds is 12. The maximum absolute atomic E-state index is 13.5. The number of carbonyl (C=O) groups excluding carboxylic acids is 3. The molecule has 4 N–H and O–H groups in total. The summed E-state index contributed by atoms with van der Waals surface area (Å²) in [5.41, 5.74) is 0.904. The van der Waals surface area contributed by atoms with Crippen molar-refractivity contribution in [1.29, 1.82) is 0 Å². The van der Waals surface area contributed by atoms with Crippen molar-refractivity contribution >= 4 is 81.2 Å². The molecule has 1 fully saturated rings. The average molecular weight is 735 g/mol. The molecule has 0 saturated carbocycles. The Labute approximate surface area is 296 Å². The van der Waals surface area contributed by atoms with Crippen molar-refractivity contribution in [2.45, 2.75) is 82.6 Å². The molecular weight excluding hydrogens is 690 g/mol. The Morgan fingerprint density at radius 1 is 1.13 bits per heavy atom. The molecule has 0 aliphatic carbocycles. The topological polar surface area (TPSA) is 141 Å². The molecule has 2 amide bonds. The number of fused-ring (bicyclic) bond motifs is 1. The van der Waals surface area contributed by atoms with Crippen molar-refractivity contribution in [3.63, 3.8) is 0 Å². The summed E-state index contributed by atoms with van der Waals surface area (Å²) >= 11 is 23.4. The Kier molecular flexibility index (Phi) is 13.8. The Balaban J connectivity index is 1.63. The second-order valence-corrected chi connectivity index (χ2v) is 15.9. The summed E-state index contributed by atoms with van der Waals surface area (Å²) in [6.45, 7) is 10.7. The summed E-state index contributed by atoms with van der Waals surface area (Å²) in [6.07, 6.45) is 2.68. The largest absolute Gasteiger partial charge is 0.461 e. The minimum absolute atomic E-state index is 0.145. The van der Waals surface area contributed by atoms with E-state index in [1.54, 1.807) is 44.7 Å². The number of esters is 1. The van der Waals surface area contributed by atoms with Crippen LogP contribution in [0.5, 0.6) is 0 Å². The van der Waals surface area contributed by atoms with Gasteiger partial charge >= 0.3 is 5.97 Å². The number of nitrogens with one attached hydrogen (secondary N) is 2. The Morgan fingerprint density at radius 2 is 1.81 bits per heavy atom. The van der Waals surface area contributed by atoms with Crippen LogP contribution in [0.2, 0.25) is 5.02 Å². The van der Waals surface area contributed by atoms with Crippen molar-refractivity contribution in [2.24, 2.45) is 17.3 Å². The smallest absolute Gasteiger partial charge is 0.310 e. The van der Waals surface area contributed by atoms with E-state index in [1.165, 1.54) is 0 Å². The number of ether oxygens (including phenoxy) is 1. The second-order valence-electron chi connectivity index (χ2n) is 13.0. The average Bonchev–Trinajstić information content (AvgIpc) is 3.00. The van der Waals surface area contributed by atoms with Crippen LogP contribution in [0.1, 0.15) is 71.7 Å². The first-order chi connectivity index (χ1) is 21.8. The van der Waals surface area contributed by atoms with Crippen LogP contribution in [0.25, 0.3) is 17.0 Å². The quantitative estimate of drug-likeness (QED) is 0.126. The summed E-state index contributed by atoms with van der Waals surface area (Å²) in [5.74, 6) is -1.90. The van der Waals surface area contributed by atoms with Crippen LogP contribution < -0.4 is 10.6 Å². The number of benzene rings is 1. The number of aliphatic hydroxyl groups excluding tert-OH is 2. The van der Waals surface area contributed by atoms with E-state index in [9.17, 15) is 24.6 Å². The highest BCUT2D eigenvalue weighted by Gasteiger charge is 2.35. The Morgan fingerprint density at radius 3 is 2.43 bits per heavy atom. The first kappa shape index (κ1) is 39.3. The first-order valence-electron chi connectivity index (χ1n) is 15.5. The van der Waals surface area contributed by atoms with Gasteiger partial charge in [-0.2, -0.15) is 0 Å². The number of aliphatic hydroxyl groups is 2. The monoisotopic (exact) mass is 732 g/mol. The number of aromatic nitrogens is 1. The van der Waals surface area contributed by atoms with Crippen molar-refractivity contribution in [1.82, 2.24) is 20.5 Å². The van der Waals surface area contributed by atoms with Gasteiger partial charge in [0.2, 0.25) is 15.6 Å². The first-order valence-corrected chi connectivity index (χ1v) is 17.0. The Hall–Kier alpha value is -2.18. The van der Waals surface area contributed by atoms with E-state index in [2.05, 4.69) is 15.6 Å². The molecule has 0 radical (unpaired) electrons. The predicted molar refractivity (Wildman–Crippen MR) is 186 cm³/mol. The lowest BCUT2D eigenvalue weighted by atomic mass is 9.89. The molecule has 0 bridgehead atoms. The van der Waals surface area contributed by atoms with E-state index in [0.717, 1.165) is 10.9 Å². The van der Waals surface area contributed by atoms with Gasteiger partial charge in [0, 0.05) is 18.5 Å². The number of nitrogens with zero attached hydrogens (tertiary/aromatic N) is 2. The maximum Gasteiger partial charge on any atom is 0.310 e. The van der Waals surface area contributed by atoms with Crippen molar-refractivity contribution in [3.05, 3.63) is 46.6 Å². The van der Waals surface area contributed by atoms with Gasteiger partial charge in [-0.05, 0) is 64.2 Å². The summed E-state index contributed by atoms with van der Waals surface area (Å²) in [7, 11) is 0. The lowest BCUT2D eigenvalue weighted by Crippen LogP contribution is -2.59. The van der Waals surface area contributed by atoms with Crippen molar-refractivity contribution in [3.8, 4) is 0 Å². The number of halogens is 4. The zero-order valence-corrected chi connectivity index (χ0v) is 30.4. The van der Waals surface area contributed by atoms with Crippen LogP contribution in [-0.4, -0.2) is 79.7 Å².